The maximum atomic E-state index is 12.6. The van der Waals surface area contributed by atoms with Gasteiger partial charge in [-0.15, -0.1) is 0 Å². The van der Waals surface area contributed by atoms with Crippen LogP contribution in [0.15, 0.2) is 48.5 Å². The van der Waals surface area contributed by atoms with Crippen molar-refractivity contribution >= 4 is 11.9 Å². The van der Waals surface area contributed by atoms with Gasteiger partial charge in [0.2, 0.25) is 0 Å². The summed E-state index contributed by atoms with van der Waals surface area (Å²) < 4.78 is 5.33. The second-order valence-electron chi connectivity index (χ2n) is 8.88. The second-order valence-corrected chi connectivity index (χ2v) is 8.88. The number of hydrogen-bond acceptors (Lipinski definition) is 3. The largest absolute Gasteiger partial charge is 0.378 e. The summed E-state index contributed by atoms with van der Waals surface area (Å²) in [4.78, 5) is 28.9. The molecular weight excluding hydrogens is 402 g/mol. The zero-order chi connectivity index (χ0) is 22.3. The van der Waals surface area contributed by atoms with Gasteiger partial charge in [0.1, 0.15) is 0 Å². The van der Waals surface area contributed by atoms with Gasteiger partial charge >= 0.3 is 6.03 Å². The van der Waals surface area contributed by atoms with Crippen molar-refractivity contribution in [1.29, 1.82) is 0 Å². The molecule has 2 saturated heterocycles. The summed E-state index contributed by atoms with van der Waals surface area (Å²) in [6.07, 6.45) is 3.00. The third-order valence-corrected chi connectivity index (χ3v) is 6.49. The van der Waals surface area contributed by atoms with Crippen molar-refractivity contribution in [2.75, 3.05) is 39.4 Å². The predicted molar refractivity (Wildman–Crippen MR) is 125 cm³/mol. The van der Waals surface area contributed by atoms with E-state index in [4.69, 9.17) is 4.74 Å². The summed E-state index contributed by atoms with van der Waals surface area (Å²) in [5, 5.41) is 3.04. The normalized spacial score (nSPS) is 17.3. The molecule has 6 heteroatoms. The summed E-state index contributed by atoms with van der Waals surface area (Å²) in [5.41, 5.74) is 4.34. The van der Waals surface area contributed by atoms with Crippen molar-refractivity contribution in [3.8, 4) is 0 Å². The average Bonchev–Trinajstić information content (AvgIpc) is 2.84. The number of amides is 3. The number of likely N-dealkylation sites (tertiary alicyclic amines) is 1. The van der Waals surface area contributed by atoms with E-state index in [9.17, 15) is 9.59 Å². The number of nitrogens with one attached hydrogen (secondary N) is 1. The molecule has 32 heavy (non-hydrogen) atoms. The molecule has 2 heterocycles. The van der Waals surface area contributed by atoms with Crippen LogP contribution in [-0.2, 0) is 17.7 Å². The fourth-order valence-corrected chi connectivity index (χ4v) is 4.40. The van der Waals surface area contributed by atoms with E-state index >= 15 is 0 Å². The van der Waals surface area contributed by atoms with E-state index in [-0.39, 0.29) is 11.9 Å². The molecule has 3 amide bonds. The lowest BCUT2D eigenvalue weighted by molar-refractivity contribution is 0.0303. The van der Waals surface area contributed by atoms with Crippen LogP contribution in [0.3, 0.4) is 0 Å². The van der Waals surface area contributed by atoms with E-state index in [1.54, 1.807) is 0 Å². The molecule has 2 aromatic rings. The Morgan fingerprint density at radius 3 is 2.16 bits per heavy atom. The van der Waals surface area contributed by atoms with Crippen LogP contribution in [0.1, 0.15) is 39.9 Å². The molecular formula is C26H33N3O3. The number of carbonyl (C=O) groups excluding carboxylic acids is 2. The highest BCUT2D eigenvalue weighted by Gasteiger charge is 2.23. The molecule has 2 fully saturated rings. The molecule has 170 valence electrons. The van der Waals surface area contributed by atoms with Crippen molar-refractivity contribution in [2.45, 2.75) is 32.7 Å². The SMILES string of the molecule is Cc1ccc(CNC(=O)N2CCC(Cc3ccc(C(=O)N4CCOCC4)cc3)CC2)cc1. The summed E-state index contributed by atoms with van der Waals surface area (Å²) >= 11 is 0. The van der Waals surface area contributed by atoms with Gasteiger partial charge in [0, 0.05) is 38.3 Å². The Balaban J connectivity index is 1.21. The van der Waals surface area contributed by atoms with Crippen LogP contribution >= 0.6 is 0 Å². The quantitative estimate of drug-likeness (QED) is 0.780. The maximum Gasteiger partial charge on any atom is 0.317 e. The maximum absolute atomic E-state index is 12.6. The van der Waals surface area contributed by atoms with Crippen LogP contribution in [0.5, 0.6) is 0 Å². The Morgan fingerprint density at radius 2 is 1.50 bits per heavy atom. The molecule has 0 saturated carbocycles. The van der Waals surface area contributed by atoms with Gasteiger partial charge in [-0.05, 0) is 55.4 Å². The van der Waals surface area contributed by atoms with Gasteiger partial charge < -0.3 is 19.9 Å². The third-order valence-electron chi connectivity index (χ3n) is 6.49. The number of aryl methyl sites for hydroxylation is 1. The van der Waals surface area contributed by atoms with Gasteiger partial charge in [0.15, 0.2) is 0 Å². The number of hydrogen-bond donors (Lipinski definition) is 1. The van der Waals surface area contributed by atoms with Crippen molar-refractivity contribution in [1.82, 2.24) is 15.1 Å². The van der Waals surface area contributed by atoms with Crippen LogP contribution < -0.4 is 5.32 Å². The van der Waals surface area contributed by atoms with Crippen molar-refractivity contribution < 1.29 is 14.3 Å². The highest BCUT2D eigenvalue weighted by atomic mass is 16.5. The molecule has 2 aliphatic heterocycles. The highest BCUT2D eigenvalue weighted by Crippen LogP contribution is 2.22. The Kier molecular flexibility index (Phi) is 7.43. The van der Waals surface area contributed by atoms with Gasteiger partial charge in [-0.1, -0.05) is 42.0 Å². The van der Waals surface area contributed by atoms with Gasteiger partial charge in [0.25, 0.3) is 5.91 Å². The molecule has 0 bridgehead atoms. The minimum absolute atomic E-state index is 0.0232. The first-order chi connectivity index (χ1) is 15.6. The van der Waals surface area contributed by atoms with Gasteiger partial charge in [0.05, 0.1) is 13.2 Å². The lowest BCUT2D eigenvalue weighted by Crippen LogP contribution is -2.44. The van der Waals surface area contributed by atoms with E-state index in [0.717, 1.165) is 43.5 Å². The van der Waals surface area contributed by atoms with Crippen LogP contribution in [0.4, 0.5) is 4.79 Å². The van der Waals surface area contributed by atoms with E-state index in [1.807, 2.05) is 21.9 Å². The van der Waals surface area contributed by atoms with Gasteiger partial charge in [-0.3, -0.25) is 4.79 Å². The molecule has 1 N–H and O–H groups in total. The van der Waals surface area contributed by atoms with Crippen molar-refractivity contribution in [2.24, 2.45) is 5.92 Å². The molecule has 0 atom stereocenters. The zero-order valence-corrected chi connectivity index (χ0v) is 18.9. The Hall–Kier alpha value is -2.86. The van der Waals surface area contributed by atoms with E-state index in [1.165, 1.54) is 11.1 Å². The first kappa shape index (κ1) is 22.3. The molecule has 0 unspecified atom stereocenters. The summed E-state index contributed by atoms with van der Waals surface area (Å²) in [6.45, 7) is 6.77. The Bertz CT molecular complexity index is 897. The number of morpholine rings is 1. The number of benzene rings is 2. The predicted octanol–water partition coefficient (Wildman–Crippen LogP) is 3.63. The van der Waals surface area contributed by atoms with Crippen molar-refractivity contribution in [3.63, 3.8) is 0 Å². The summed E-state index contributed by atoms with van der Waals surface area (Å²) in [6, 6.07) is 16.3. The molecule has 4 rings (SSSR count). The number of urea groups is 1. The monoisotopic (exact) mass is 435 g/mol. The fourth-order valence-electron chi connectivity index (χ4n) is 4.40. The molecule has 0 spiro atoms. The Labute approximate surface area is 190 Å². The molecule has 0 radical (unpaired) electrons. The molecule has 2 aliphatic rings. The van der Waals surface area contributed by atoms with Crippen LogP contribution in [-0.4, -0.2) is 61.1 Å². The lowest BCUT2D eigenvalue weighted by atomic mass is 9.90. The number of carbonyl (C=O) groups is 2. The number of nitrogens with zero attached hydrogens (tertiary/aromatic N) is 2. The first-order valence-corrected chi connectivity index (χ1v) is 11.6. The number of ether oxygens (including phenoxy) is 1. The van der Waals surface area contributed by atoms with E-state index in [2.05, 4.69) is 48.6 Å². The van der Waals surface area contributed by atoms with Crippen LogP contribution in [0.2, 0.25) is 0 Å². The number of rotatable bonds is 5. The Morgan fingerprint density at radius 1 is 0.875 bits per heavy atom. The smallest absolute Gasteiger partial charge is 0.317 e. The van der Waals surface area contributed by atoms with Crippen LogP contribution in [0, 0.1) is 12.8 Å². The number of piperidine rings is 1. The standard InChI is InChI=1S/C26H33N3O3/c1-20-2-4-23(5-3-20)19-27-26(31)29-12-10-22(11-13-29)18-21-6-8-24(9-7-21)25(30)28-14-16-32-17-15-28/h2-9,22H,10-19H2,1H3,(H,27,31). The van der Waals surface area contributed by atoms with Gasteiger partial charge in [-0.2, -0.15) is 0 Å². The van der Waals surface area contributed by atoms with Gasteiger partial charge in [-0.25, -0.2) is 4.79 Å². The topological polar surface area (TPSA) is 61.9 Å². The van der Waals surface area contributed by atoms with E-state index < -0.39 is 0 Å². The molecule has 6 nitrogen and oxygen atoms in total. The first-order valence-electron chi connectivity index (χ1n) is 11.6. The van der Waals surface area contributed by atoms with Crippen LogP contribution in [0.25, 0.3) is 0 Å². The molecule has 0 aliphatic carbocycles. The summed E-state index contributed by atoms with van der Waals surface area (Å²) in [7, 11) is 0. The van der Waals surface area contributed by atoms with Crippen molar-refractivity contribution in [3.05, 3.63) is 70.8 Å². The molecule has 0 aromatic heterocycles. The fraction of sp³-hybridized carbons (Fsp3) is 0.462. The second kappa shape index (κ2) is 10.6. The minimum Gasteiger partial charge on any atom is -0.378 e. The lowest BCUT2D eigenvalue weighted by Gasteiger charge is -2.32. The summed E-state index contributed by atoms with van der Waals surface area (Å²) in [5.74, 6) is 0.654. The molecule has 2 aromatic carbocycles. The zero-order valence-electron chi connectivity index (χ0n) is 18.9. The minimum atomic E-state index is 0.0232. The average molecular weight is 436 g/mol. The third kappa shape index (κ3) is 5.88. The van der Waals surface area contributed by atoms with E-state index in [0.29, 0.717) is 38.8 Å². The highest BCUT2D eigenvalue weighted by molar-refractivity contribution is 5.94.